The van der Waals surface area contributed by atoms with Crippen LogP contribution in [0.1, 0.15) is 15.9 Å². The molecule has 0 bridgehead atoms. The van der Waals surface area contributed by atoms with Crippen molar-refractivity contribution in [1.82, 2.24) is 0 Å². The predicted molar refractivity (Wildman–Crippen MR) is 107 cm³/mol. The molecule has 2 aromatic carbocycles. The second-order valence-corrected chi connectivity index (χ2v) is 6.62. The minimum absolute atomic E-state index is 0.0709. The fraction of sp³-hybridized carbons (Fsp3) is 0.182. The molecule has 1 aliphatic rings. The minimum Gasteiger partial charge on any atom is -0.378 e. The Kier molecular flexibility index (Phi) is 5.14. The maximum absolute atomic E-state index is 12.9. The van der Waals surface area contributed by atoms with Crippen LogP contribution >= 0.6 is 0 Å². The van der Waals surface area contributed by atoms with E-state index < -0.39 is 6.04 Å². The molecule has 0 heterocycles. The highest BCUT2D eigenvalue weighted by molar-refractivity contribution is 6.18. The maximum atomic E-state index is 12.9. The molecule has 0 fully saturated rings. The van der Waals surface area contributed by atoms with Gasteiger partial charge in [0.2, 0.25) is 0 Å². The summed E-state index contributed by atoms with van der Waals surface area (Å²) in [7, 11) is 3.99. The molecule has 0 amide bonds. The summed E-state index contributed by atoms with van der Waals surface area (Å²) < 4.78 is 0. The standard InChI is InChI=1S/C22H23N3O/c1-25(2)17-10-8-15(9-11-17)14-19-18(12-13-20(23)21(19)24)22(26)16-6-4-3-5-7-16/h3-13,20,24H,14,23H2,1-2H3. The minimum atomic E-state index is -0.474. The van der Waals surface area contributed by atoms with Gasteiger partial charge < -0.3 is 16.0 Å². The normalized spacial score (nSPS) is 16.7. The molecule has 0 saturated carbocycles. The summed E-state index contributed by atoms with van der Waals surface area (Å²) in [5, 5.41) is 8.40. The van der Waals surface area contributed by atoms with Crippen LogP contribution in [0.4, 0.5) is 5.69 Å². The highest BCUT2D eigenvalue weighted by atomic mass is 16.1. The van der Waals surface area contributed by atoms with E-state index in [0.29, 0.717) is 28.8 Å². The smallest absolute Gasteiger partial charge is 0.193 e. The number of benzene rings is 2. The molecule has 0 spiro atoms. The van der Waals surface area contributed by atoms with Gasteiger partial charge in [-0.25, -0.2) is 0 Å². The van der Waals surface area contributed by atoms with Gasteiger partial charge in [0.05, 0.1) is 11.8 Å². The molecule has 4 nitrogen and oxygen atoms in total. The summed E-state index contributed by atoms with van der Waals surface area (Å²) in [6.07, 6.45) is 4.00. The van der Waals surface area contributed by atoms with Crippen LogP contribution in [0.15, 0.2) is 77.9 Å². The first-order valence-electron chi connectivity index (χ1n) is 8.59. The Morgan fingerprint density at radius 3 is 2.35 bits per heavy atom. The third kappa shape index (κ3) is 3.65. The van der Waals surface area contributed by atoms with E-state index in [-0.39, 0.29) is 5.78 Å². The van der Waals surface area contributed by atoms with Crippen LogP contribution in [-0.2, 0) is 6.42 Å². The van der Waals surface area contributed by atoms with Crippen molar-refractivity contribution in [2.45, 2.75) is 12.5 Å². The Morgan fingerprint density at radius 2 is 1.73 bits per heavy atom. The average Bonchev–Trinajstić information content (AvgIpc) is 2.66. The lowest BCUT2D eigenvalue weighted by Crippen LogP contribution is -2.33. The van der Waals surface area contributed by atoms with Crippen molar-refractivity contribution in [1.29, 1.82) is 5.41 Å². The highest BCUT2D eigenvalue weighted by Crippen LogP contribution is 2.24. The van der Waals surface area contributed by atoms with Gasteiger partial charge in [-0.3, -0.25) is 4.79 Å². The van der Waals surface area contributed by atoms with Gasteiger partial charge in [0.1, 0.15) is 0 Å². The number of carbonyl (C=O) groups excluding carboxylic acids is 1. The molecule has 1 unspecified atom stereocenters. The third-order valence-electron chi connectivity index (χ3n) is 4.57. The van der Waals surface area contributed by atoms with Gasteiger partial charge in [0, 0.05) is 37.3 Å². The third-order valence-corrected chi connectivity index (χ3v) is 4.57. The summed E-state index contributed by atoms with van der Waals surface area (Å²) in [6.45, 7) is 0. The molecule has 0 saturated heterocycles. The number of allylic oxidation sites excluding steroid dienone is 2. The van der Waals surface area contributed by atoms with Crippen molar-refractivity contribution in [3.63, 3.8) is 0 Å². The predicted octanol–water partition coefficient (Wildman–Crippen LogP) is 3.39. The number of Topliss-reactive ketones (excluding diaryl/α,β-unsaturated/α-hetero) is 1. The number of nitrogens with zero attached hydrogens (tertiary/aromatic N) is 1. The molecule has 0 radical (unpaired) electrons. The molecule has 1 aliphatic carbocycles. The number of hydrogen-bond acceptors (Lipinski definition) is 4. The van der Waals surface area contributed by atoms with E-state index in [1.54, 1.807) is 24.3 Å². The van der Waals surface area contributed by atoms with E-state index in [2.05, 4.69) is 0 Å². The van der Waals surface area contributed by atoms with Crippen molar-refractivity contribution >= 4 is 17.2 Å². The Morgan fingerprint density at radius 1 is 1.08 bits per heavy atom. The lowest BCUT2D eigenvalue weighted by molar-refractivity contribution is 0.103. The molecular weight excluding hydrogens is 322 g/mol. The Balaban J connectivity index is 1.97. The topological polar surface area (TPSA) is 70.2 Å². The molecule has 1 atom stereocenters. The second kappa shape index (κ2) is 7.50. The molecular formula is C22H23N3O. The van der Waals surface area contributed by atoms with E-state index in [9.17, 15) is 4.79 Å². The van der Waals surface area contributed by atoms with Crippen molar-refractivity contribution in [2.24, 2.45) is 5.73 Å². The van der Waals surface area contributed by atoms with E-state index in [4.69, 9.17) is 11.1 Å². The summed E-state index contributed by atoms with van der Waals surface area (Å²) >= 11 is 0. The Labute approximate surface area is 154 Å². The van der Waals surface area contributed by atoms with Gasteiger partial charge in [0.15, 0.2) is 5.78 Å². The van der Waals surface area contributed by atoms with Crippen LogP contribution in [0.3, 0.4) is 0 Å². The van der Waals surface area contributed by atoms with Crippen molar-refractivity contribution < 1.29 is 4.79 Å². The van der Waals surface area contributed by atoms with Crippen molar-refractivity contribution in [2.75, 3.05) is 19.0 Å². The number of nitrogens with one attached hydrogen (secondary N) is 1. The molecule has 3 rings (SSSR count). The number of ketones is 1. The monoisotopic (exact) mass is 345 g/mol. The fourth-order valence-electron chi connectivity index (χ4n) is 3.01. The van der Waals surface area contributed by atoms with Crippen LogP contribution in [0.25, 0.3) is 0 Å². The van der Waals surface area contributed by atoms with Gasteiger partial charge in [0.25, 0.3) is 0 Å². The van der Waals surface area contributed by atoms with Crippen LogP contribution in [-0.4, -0.2) is 31.6 Å². The SMILES string of the molecule is CN(C)c1ccc(CC2=C(C(=O)c3ccccc3)C=CC(N)C2=N)cc1. The number of anilines is 1. The van der Waals surface area contributed by atoms with Crippen LogP contribution in [0.5, 0.6) is 0 Å². The zero-order valence-electron chi connectivity index (χ0n) is 15.1. The number of hydrogen-bond donors (Lipinski definition) is 2. The summed E-state index contributed by atoms with van der Waals surface area (Å²) in [4.78, 5) is 15.0. The van der Waals surface area contributed by atoms with Gasteiger partial charge >= 0.3 is 0 Å². The first-order chi connectivity index (χ1) is 12.5. The van der Waals surface area contributed by atoms with E-state index in [1.807, 2.05) is 61.5 Å². The van der Waals surface area contributed by atoms with E-state index in [1.165, 1.54) is 0 Å². The molecule has 4 heteroatoms. The van der Waals surface area contributed by atoms with E-state index in [0.717, 1.165) is 11.3 Å². The van der Waals surface area contributed by atoms with Gasteiger partial charge in [-0.15, -0.1) is 0 Å². The van der Waals surface area contributed by atoms with Crippen molar-refractivity contribution in [3.05, 3.63) is 89.0 Å². The van der Waals surface area contributed by atoms with Crippen LogP contribution in [0, 0.1) is 5.41 Å². The number of rotatable bonds is 5. The second-order valence-electron chi connectivity index (χ2n) is 6.62. The molecule has 26 heavy (non-hydrogen) atoms. The first-order valence-corrected chi connectivity index (χ1v) is 8.59. The van der Waals surface area contributed by atoms with Gasteiger partial charge in [-0.1, -0.05) is 54.6 Å². The quantitative estimate of drug-likeness (QED) is 0.816. The van der Waals surface area contributed by atoms with Crippen LogP contribution in [0.2, 0.25) is 0 Å². The summed E-state index contributed by atoms with van der Waals surface area (Å²) in [5.74, 6) is -0.0709. The van der Waals surface area contributed by atoms with Crippen LogP contribution < -0.4 is 10.6 Å². The van der Waals surface area contributed by atoms with Gasteiger partial charge in [-0.2, -0.15) is 0 Å². The Hall–Kier alpha value is -2.98. The molecule has 0 aliphatic heterocycles. The average molecular weight is 345 g/mol. The van der Waals surface area contributed by atoms with Crippen molar-refractivity contribution in [3.8, 4) is 0 Å². The summed E-state index contributed by atoms with van der Waals surface area (Å²) in [6, 6.07) is 16.8. The number of nitrogens with two attached hydrogens (primary N) is 1. The van der Waals surface area contributed by atoms with E-state index >= 15 is 0 Å². The number of carbonyl (C=O) groups is 1. The van der Waals surface area contributed by atoms with Gasteiger partial charge in [-0.05, 0) is 23.3 Å². The highest BCUT2D eigenvalue weighted by Gasteiger charge is 2.24. The fourth-order valence-corrected chi connectivity index (χ4v) is 3.01. The zero-order chi connectivity index (χ0) is 18.7. The maximum Gasteiger partial charge on any atom is 0.193 e. The molecule has 2 aromatic rings. The molecule has 0 aromatic heterocycles. The first kappa shape index (κ1) is 17.8. The summed E-state index contributed by atoms with van der Waals surface area (Å²) in [5.41, 5.74) is 10.4. The lowest BCUT2D eigenvalue weighted by Gasteiger charge is -2.21. The lowest BCUT2D eigenvalue weighted by atomic mass is 9.85. The molecule has 3 N–H and O–H groups in total. The molecule has 132 valence electrons. The largest absolute Gasteiger partial charge is 0.378 e. The Bertz CT molecular complexity index is 877. The zero-order valence-corrected chi connectivity index (χ0v) is 15.1.